The molecule has 0 bridgehead atoms. The van der Waals surface area contributed by atoms with Crippen LogP contribution >= 0.6 is 46.4 Å². The van der Waals surface area contributed by atoms with Crippen molar-refractivity contribution in [2.75, 3.05) is 0 Å². The number of benzene rings is 2. The van der Waals surface area contributed by atoms with E-state index in [0.29, 0.717) is 25.7 Å². The van der Waals surface area contributed by atoms with Crippen LogP contribution in [0.15, 0.2) is 30.3 Å². The van der Waals surface area contributed by atoms with E-state index in [1.165, 1.54) is 0 Å². The van der Waals surface area contributed by atoms with Gasteiger partial charge in [0.2, 0.25) is 0 Å². The van der Waals surface area contributed by atoms with Crippen molar-refractivity contribution < 1.29 is 5.11 Å². The van der Waals surface area contributed by atoms with Gasteiger partial charge in [0.15, 0.2) is 0 Å². The smallest absolute Gasteiger partial charge is 0.0682 e. The van der Waals surface area contributed by atoms with Crippen molar-refractivity contribution in [3.8, 4) is 11.1 Å². The lowest BCUT2D eigenvalue weighted by atomic mass is 10.0. The van der Waals surface area contributed by atoms with Crippen molar-refractivity contribution in [2.24, 2.45) is 0 Å². The Balaban J connectivity index is 2.61. The van der Waals surface area contributed by atoms with Crippen molar-refractivity contribution in [3.63, 3.8) is 0 Å². The molecule has 5 heteroatoms. The first-order valence-corrected chi connectivity index (χ1v) is 6.57. The molecule has 0 saturated heterocycles. The van der Waals surface area contributed by atoms with Crippen LogP contribution in [0.5, 0.6) is 0 Å². The van der Waals surface area contributed by atoms with Crippen molar-refractivity contribution in [2.45, 2.75) is 6.61 Å². The molecular formula is C13H8Cl4O. The summed E-state index contributed by atoms with van der Waals surface area (Å²) in [5.74, 6) is 0. The summed E-state index contributed by atoms with van der Waals surface area (Å²) in [5, 5.41) is 11.0. The minimum absolute atomic E-state index is 0.0908. The molecule has 1 nitrogen and oxygen atoms in total. The fourth-order valence-electron chi connectivity index (χ4n) is 1.64. The third-order valence-corrected chi connectivity index (χ3v) is 3.71. The number of hydrogen-bond donors (Lipinski definition) is 1. The molecule has 2 aromatic carbocycles. The average Bonchev–Trinajstić information content (AvgIpc) is 2.33. The maximum Gasteiger partial charge on any atom is 0.0682 e. The molecule has 2 aromatic rings. The molecule has 0 saturated carbocycles. The Labute approximate surface area is 125 Å². The van der Waals surface area contributed by atoms with Crippen LogP contribution in [-0.2, 0) is 6.61 Å². The van der Waals surface area contributed by atoms with Crippen LogP contribution < -0.4 is 0 Å². The maximum atomic E-state index is 9.16. The molecule has 18 heavy (non-hydrogen) atoms. The van der Waals surface area contributed by atoms with Crippen molar-refractivity contribution in [1.29, 1.82) is 0 Å². The molecule has 1 N–H and O–H groups in total. The van der Waals surface area contributed by atoms with E-state index in [1.807, 2.05) is 0 Å². The zero-order chi connectivity index (χ0) is 13.3. The molecule has 0 aliphatic heterocycles. The summed E-state index contributed by atoms with van der Waals surface area (Å²) in [6.45, 7) is -0.0908. The number of hydrogen-bond acceptors (Lipinski definition) is 1. The van der Waals surface area contributed by atoms with Gasteiger partial charge >= 0.3 is 0 Å². The molecule has 0 aliphatic rings. The van der Waals surface area contributed by atoms with Crippen LogP contribution in [0.25, 0.3) is 11.1 Å². The molecule has 0 radical (unpaired) electrons. The highest BCUT2D eigenvalue weighted by atomic mass is 35.5. The average molecular weight is 322 g/mol. The zero-order valence-electron chi connectivity index (χ0n) is 9.05. The lowest BCUT2D eigenvalue weighted by Gasteiger charge is -2.09. The largest absolute Gasteiger partial charge is 0.392 e. The van der Waals surface area contributed by atoms with Crippen LogP contribution in [0.3, 0.4) is 0 Å². The molecule has 2 rings (SSSR count). The monoisotopic (exact) mass is 320 g/mol. The van der Waals surface area contributed by atoms with Crippen LogP contribution in [-0.4, -0.2) is 5.11 Å². The summed E-state index contributed by atoms with van der Waals surface area (Å²) in [4.78, 5) is 0. The molecule has 94 valence electrons. The van der Waals surface area contributed by atoms with E-state index in [-0.39, 0.29) is 6.61 Å². The Hall–Kier alpha value is -0.440. The SMILES string of the molecule is OCc1cc(Cl)cc(-c2cc(Cl)c(Cl)cc2Cl)c1. The van der Waals surface area contributed by atoms with Gasteiger partial charge in [0.25, 0.3) is 0 Å². The number of halogens is 4. The van der Waals surface area contributed by atoms with Gasteiger partial charge in [0.05, 0.1) is 16.7 Å². The van der Waals surface area contributed by atoms with Crippen molar-refractivity contribution in [1.82, 2.24) is 0 Å². The second kappa shape index (κ2) is 5.68. The van der Waals surface area contributed by atoms with Crippen LogP contribution in [0.2, 0.25) is 20.1 Å². The van der Waals surface area contributed by atoms with E-state index in [2.05, 4.69) is 0 Å². The fraction of sp³-hybridized carbons (Fsp3) is 0.0769. The first kappa shape index (κ1) is 14.0. The summed E-state index contributed by atoms with van der Waals surface area (Å²) < 4.78 is 0. The van der Waals surface area contributed by atoms with Gasteiger partial charge < -0.3 is 5.11 Å². The van der Waals surface area contributed by atoms with E-state index in [0.717, 1.165) is 11.1 Å². The fourth-order valence-corrected chi connectivity index (χ4v) is 2.55. The number of aliphatic hydroxyl groups is 1. The first-order chi connectivity index (χ1) is 8.51. The molecule has 0 atom stereocenters. The van der Waals surface area contributed by atoms with Crippen LogP contribution in [0, 0.1) is 0 Å². The highest BCUT2D eigenvalue weighted by Gasteiger charge is 2.09. The van der Waals surface area contributed by atoms with Gasteiger partial charge in [-0.2, -0.15) is 0 Å². The first-order valence-electron chi connectivity index (χ1n) is 5.06. The van der Waals surface area contributed by atoms with Crippen molar-refractivity contribution in [3.05, 3.63) is 56.0 Å². The predicted molar refractivity (Wildman–Crippen MR) is 77.8 cm³/mol. The molecule has 0 aliphatic carbocycles. The van der Waals surface area contributed by atoms with Crippen molar-refractivity contribution >= 4 is 46.4 Å². The van der Waals surface area contributed by atoms with E-state index < -0.39 is 0 Å². The topological polar surface area (TPSA) is 20.2 Å². The van der Waals surface area contributed by atoms with Gasteiger partial charge in [-0.15, -0.1) is 0 Å². The standard InChI is InChI=1S/C13H8Cl4O/c14-9-2-7(6-18)1-8(3-9)10-4-12(16)13(17)5-11(10)15/h1-5,18H,6H2. The Bertz CT molecular complexity index is 596. The molecule has 0 unspecified atom stereocenters. The van der Waals surface area contributed by atoms with E-state index in [9.17, 15) is 0 Å². The number of rotatable bonds is 2. The van der Waals surface area contributed by atoms with E-state index in [1.54, 1.807) is 30.3 Å². The summed E-state index contributed by atoms with van der Waals surface area (Å²) in [6.07, 6.45) is 0. The maximum absolute atomic E-state index is 9.16. The summed E-state index contributed by atoms with van der Waals surface area (Å²) >= 11 is 24.0. The lowest BCUT2D eigenvalue weighted by molar-refractivity contribution is 0.282. The summed E-state index contributed by atoms with van der Waals surface area (Å²) in [6, 6.07) is 8.51. The van der Waals surface area contributed by atoms with Crippen LogP contribution in [0.4, 0.5) is 0 Å². The van der Waals surface area contributed by atoms with Gasteiger partial charge in [-0.1, -0.05) is 46.4 Å². The molecule has 0 amide bonds. The van der Waals surface area contributed by atoms with Crippen LogP contribution in [0.1, 0.15) is 5.56 Å². The Kier molecular flexibility index (Phi) is 4.41. The third kappa shape index (κ3) is 2.93. The van der Waals surface area contributed by atoms with Gasteiger partial charge in [-0.05, 0) is 41.5 Å². The van der Waals surface area contributed by atoms with Gasteiger partial charge in [-0.25, -0.2) is 0 Å². The Morgan fingerprint density at radius 1 is 0.778 bits per heavy atom. The summed E-state index contributed by atoms with van der Waals surface area (Å²) in [7, 11) is 0. The normalized spacial score (nSPS) is 10.7. The molecule has 0 aromatic heterocycles. The van der Waals surface area contributed by atoms with Gasteiger partial charge in [0, 0.05) is 15.6 Å². The second-order valence-corrected chi connectivity index (χ2v) is 5.41. The third-order valence-electron chi connectivity index (χ3n) is 2.46. The molecule has 0 fully saturated rings. The van der Waals surface area contributed by atoms with Gasteiger partial charge in [-0.3, -0.25) is 0 Å². The Morgan fingerprint density at radius 2 is 1.44 bits per heavy atom. The molecular weight excluding hydrogens is 314 g/mol. The minimum Gasteiger partial charge on any atom is -0.392 e. The second-order valence-electron chi connectivity index (χ2n) is 3.75. The lowest BCUT2D eigenvalue weighted by Crippen LogP contribution is -1.87. The zero-order valence-corrected chi connectivity index (χ0v) is 12.1. The highest BCUT2D eigenvalue weighted by Crippen LogP contribution is 2.36. The quantitative estimate of drug-likeness (QED) is 0.728. The number of aliphatic hydroxyl groups excluding tert-OH is 1. The molecule has 0 heterocycles. The predicted octanol–water partition coefficient (Wildman–Crippen LogP) is 5.46. The van der Waals surface area contributed by atoms with E-state index in [4.69, 9.17) is 51.5 Å². The summed E-state index contributed by atoms with van der Waals surface area (Å²) in [5.41, 5.74) is 2.22. The Morgan fingerprint density at radius 3 is 2.11 bits per heavy atom. The van der Waals surface area contributed by atoms with E-state index >= 15 is 0 Å². The minimum atomic E-state index is -0.0908. The highest BCUT2D eigenvalue weighted by molar-refractivity contribution is 6.44. The van der Waals surface area contributed by atoms with Gasteiger partial charge in [0.1, 0.15) is 0 Å². The molecule has 0 spiro atoms.